The third-order valence-corrected chi connectivity index (χ3v) is 5.07. The number of methoxy groups -OCH3 is 1. The smallest absolute Gasteiger partial charge is 0.295 e. The van der Waals surface area contributed by atoms with Gasteiger partial charge in [0, 0.05) is 6.54 Å². The zero-order chi connectivity index (χ0) is 21.3. The summed E-state index contributed by atoms with van der Waals surface area (Å²) >= 11 is 0. The highest BCUT2D eigenvalue weighted by atomic mass is 19.1. The number of likely N-dealkylation sites (tertiary alicyclic amines) is 1. The molecule has 0 spiro atoms. The van der Waals surface area contributed by atoms with Gasteiger partial charge < -0.3 is 14.7 Å². The molecule has 29 heavy (non-hydrogen) atoms. The van der Waals surface area contributed by atoms with Crippen molar-refractivity contribution in [3.63, 3.8) is 0 Å². The molecule has 2 aromatic rings. The Morgan fingerprint density at radius 3 is 2.41 bits per heavy atom. The number of benzene rings is 2. The van der Waals surface area contributed by atoms with Gasteiger partial charge in [-0.3, -0.25) is 9.59 Å². The van der Waals surface area contributed by atoms with Gasteiger partial charge in [0.05, 0.1) is 24.3 Å². The summed E-state index contributed by atoms with van der Waals surface area (Å²) in [5.74, 6) is -1.71. The van der Waals surface area contributed by atoms with E-state index in [0.29, 0.717) is 29.8 Å². The standard InChI is InChI=1S/C23H24FNO4/c1-5-10-25-19(15-6-8-16(24)9-7-15)18(21(27)23(25)28)20(26)17-12-13(2)11-14(3)22(17)29-4/h6-9,11-12,19,26H,5,10H2,1-4H3/b20-18+. The Kier molecular flexibility index (Phi) is 5.73. The van der Waals surface area contributed by atoms with Crippen molar-refractivity contribution in [1.29, 1.82) is 0 Å². The highest BCUT2D eigenvalue weighted by molar-refractivity contribution is 6.46. The highest BCUT2D eigenvalue weighted by Crippen LogP contribution is 2.41. The van der Waals surface area contributed by atoms with Crippen LogP contribution in [-0.2, 0) is 9.59 Å². The lowest BCUT2D eigenvalue weighted by Gasteiger charge is -2.25. The molecular formula is C23H24FNO4. The molecule has 1 amide bonds. The molecule has 1 aliphatic heterocycles. The van der Waals surface area contributed by atoms with E-state index in [0.717, 1.165) is 11.1 Å². The van der Waals surface area contributed by atoms with Crippen molar-refractivity contribution >= 4 is 17.4 Å². The van der Waals surface area contributed by atoms with Gasteiger partial charge in [0.15, 0.2) is 0 Å². The van der Waals surface area contributed by atoms with Crippen molar-refractivity contribution in [2.24, 2.45) is 0 Å². The number of carbonyl (C=O) groups excluding carboxylic acids is 2. The third-order valence-electron chi connectivity index (χ3n) is 5.07. The predicted molar refractivity (Wildman–Crippen MR) is 108 cm³/mol. The summed E-state index contributed by atoms with van der Waals surface area (Å²) in [5.41, 5.74) is 2.58. The lowest BCUT2D eigenvalue weighted by Crippen LogP contribution is -2.30. The molecule has 0 radical (unpaired) electrons. The van der Waals surface area contributed by atoms with Crippen molar-refractivity contribution in [2.45, 2.75) is 33.2 Å². The Balaban J connectivity index is 2.27. The van der Waals surface area contributed by atoms with Crippen molar-refractivity contribution < 1.29 is 23.8 Å². The largest absolute Gasteiger partial charge is 0.507 e. The van der Waals surface area contributed by atoms with E-state index < -0.39 is 23.5 Å². The maximum absolute atomic E-state index is 13.5. The van der Waals surface area contributed by atoms with Crippen molar-refractivity contribution in [2.75, 3.05) is 13.7 Å². The van der Waals surface area contributed by atoms with E-state index in [-0.39, 0.29) is 11.3 Å². The van der Waals surface area contributed by atoms with Gasteiger partial charge in [-0.1, -0.05) is 25.1 Å². The Labute approximate surface area is 169 Å². The first kappa shape index (κ1) is 20.6. The number of Topliss-reactive ketones (excluding diaryl/α,β-unsaturated/α-hetero) is 1. The first-order valence-electron chi connectivity index (χ1n) is 9.49. The molecule has 0 aromatic heterocycles. The molecule has 1 heterocycles. The molecule has 0 saturated carbocycles. The number of hydrogen-bond donors (Lipinski definition) is 1. The molecule has 1 atom stereocenters. The second kappa shape index (κ2) is 8.07. The molecule has 0 bridgehead atoms. The predicted octanol–water partition coefficient (Wildman–Crippen LogP) is 4.28. The minimum Gasteiger partial charge on any atom is -0.507 e. The molecule has 3 rings (SSSR count). The van der Waals surface area contributed by atoms with E-state index in [1.165, 1.54) is 36.3 Å². The number of halogens is 1. The number of hydrogen-bond acceptors (Lipinski definition) is 4. The Morgan fingerprint density at radius 1 is 1.17 bits per heavy atom. The van der Waals surface area contributed by atoms with E-state index in [1.54, 1.807) is 6.07 Å². The van der Waals surface area contributed by atoms with Crippen LogP contribution < -0.4 is 4.74 Å². The Bertz CT molecular complexity index is 995. The summed E-state index contributed by atoms with van der Waals surface area (Å²) in [7, 11) is 1.49. The molecule has 2 aromatic carbocycles. The van der Waals surface area contributed by atoms with E-state index in [9.17, 15) is 19.1 Å². The van der Waals surface area contributed by atoms with Gasteiger partial charge in [-0.05, 0) is 55.2 Å². The number of nitrogens with zero attached hydrogens (tertiary/aromatic N) is 1. The SMILES string of the molecule is CCCN1C(=O)C(=O)/C(=C(/O)c2cc(C)cc(C)c2OC)C1c1ccc(F)cc1. The molecular weight excluding hydrogens is 373 g/mol. The van der Waals surface area contributed by atoms with Crippen LogP contribution in [0, 0.1) is 19.7 Å². The molecule has 1 unspecified atom stereocenters. The van der Waals surface area contributed by atoms with Crippen LogP contribution >= 0.6 is 0 Å². The second-order valence-corrected chi connectivity index (χ2v) is 7.21. The monoisotopic (exact) mass is 397 g/mol. The van der Waals surface area contributed by atoms with E-state index in [1.807, 2.05) is 26.8 Å². The molecule has 0 aliphatic carbocycles. The summed E-state index contributed by atoms with van der Waals surface area (Å²) in [6.07, 6.45) is 0.637. The first-order valence-corrected chi connectivity index (χ1v) is 9.49. The van der Waals surface area contributed by atoms with Crippen LogP contribution in [0.1, 0.15) is 41.6 Å². The average Bonchev–Trinajstić information content (AvgIpc) is 2.93. The lowest BCUT2D eigenvalue weighted by molar-refractivity contribution is -0.139. The molecule has 6 heteroatoms. The van der Waals surface area contributed by atoms with Crippen molar-refractivity contribution in [3.05, 3.63) is 70.0 Å². The normalized spacial score (nSPS) is 18.4. The Hall–Kier alpha value is -3.15. The van der Waals surface area contributed by atoms with Gasteiger partial charge in [0.2, 0.25) is 0 Å². The van der Waals surface area contributed by atoms with Gasteiger partial charge in [-0.25, -0.2) is 4.39 Å². The number of rotatable bonds is 5. The topological polar surface area (TPSA) is 66.8 Å². The zero-order valence-corrected chi connectivity index (χ0v) is 17.0. The number of ether oxygens (including phenoxy) is 1. The third kappa shape index (κ3) is 3.62. The van der Waals surface area contributed by atoms with E-state index >= 15 is 0 Å². The fourth-order valence-electron chi connectivity index (χ4n) is 3.89. The van der Waals surface area contributed by atoms with Crippen LogP contribution in [0.5, 0.6) is 5.75 Å². The minimum absolute atomic E-state index is 0.0154. The van der Waals surface area contributed by atoms with Gasteiger partial charge >= 0.3 is 0 Å². The van der Waals surface area contributed by atoms with Crippen molar-refractivity contribution in [1.82, 2.24) is 4.90 Å². The summed E-state index contributed by atoms with van der Waals surface area (Å²) in [6.45, 7) is 5.95. The number of amides is 1. The molecule has 1 saturated heterocycles. The van der Waals surface area contributed by atoms with Gasteiger partial charge in [0.25, 0.3) is 11.7 Å². The number of aliphatic hydroxyl groups excluding tert-OH is 1. The molecule has 1 N–H and O–H groups in total. The molecule has 1 fully saturated rings. The van der Waals surface area contributed by atoms with Crippen LogP contribution in [0.15, 0.2) is 42.0 Å². The maximum Gasteiger partial charge on any atom is 0.295 e. The van der Waals surface area contributed by atoms with Gasteiger partial charge in [-0.2, -0.15) is 0 Å². The average molecular weight is 397 g/mol. The first-order chi connectivity index (χ1) is 13.8. The summed E-state index contributed by atoms with van der Waals surface area (Å²) in [6, 6.07) is 8.44. The fourth-order valence-corrected chi connectivity index (χ4v) is 3.89. The van der Waals surface area contributed by atoms with E-state index in [4.69, 9.17) is 4.74 Å². The van der Waals surface area contributed by atoms with Crippen LogP contribution in [0.25, 0.3) is 5.76 Å². The summed E-state index contributed by atoms with van der Waals surface area (Å²) in [5, 5.41) is 11.2. The number of aryl methyl sites for hydroxylation is 2. The number of aliphatic hydroxyl groups is 1. The quantitative estimate of drug-likeness (QED) is 0.465. The summed E-state index contributed by atoms with van der Waals surface area (Å²) in [4.78, 5) is 27.0. The van der Waals surface area contributed by atoms with Crippen LogP contribution in [0.3, 0.4) is 0 Å². The zero-order valence-electron chi connectivity index (χ0n) is 17.0. The fraction of sp³-hybridized carbons (Fsp3) is 0.304. The van der Waals surface area contributed by atoms with E-state index in [2.05, 4.69) is 0 Å². The van der Waals surface area contributed by atoms with Crippen LogP contribution in [0.4, 0.5) is 4.39 Å². The van der Waals surface area contributed by atoms with Gasteiger partial charge in [-0.15, -0.1) is 0 Å². The molecule has 1 aliphatic rings. The minimum atomic E-state index is -0.791. The maximum atomic E-state index is 13.5. The Morgan fingerprint density at radius 2 is 1.83 bits per heavy atom. The molecule has 5 nitrogen and oxygen atoms in total. The lowest BCUT2D eigenvalue weighted by atomic mass is 9.93. The highest BCUT2D eigenvalue weighted by Gasteiger charge is 2.46. The van der Waals surface area contributed by atoms with Crippen LogP contribution in [-0.4, -0.2) is 35.4 Å². The summed E-state index contributed by atoms with van der Waals surface area (Å²) < 4.78 is 18.9. The number of carbonyl (C=O) groups is 2. The number of ketones is 1. The van der Waals surface area contributed by atoms with Crippen LogP contribution in [0.2, 0.25) is 0 Å². The second-order valence-electron chi connectivity index (χ2n) is 7.21. The van der Waals surface area contributed by atoms with Gasteiger partial charge in [0.1, 0.15) is 17.3 Å². The molecule has 152 valence electrons. The van der Waals surface area contributed by atoms with Crippen molar-refractivity contribution in [3.8, 4) is 5.75 Å².